The Morgan fingerprint density at radius 3 is 2.51 bits per heavy atom. The van der Waals surface area contributed by atoms with Gasteiger partial charge in [-0.1, -0.05) is 11.6 Å². The van der Waals surface area contributed by atoms with E-state index in [1.165, 1.54) is 18.2 Å². The quantitative estimate of drug-likeness (QED) is 0.520. The minimum absolute atomic E-state index is 0.0659. The number of carbonyl (C=O) groups is 2. The number of pyridine rings is 1. The van der Waals surface area contributed by atoms with Crippen molar-refractivity contribution >= 4 is 50.5 Å². The fourth-order valence-electron chi connectivity index (χ4n) is 3.77. The van der Waals surface area contributed by atoms with Gasteiger partial charge < -0.3 is 19.7 Å². The number of rotatable bonds is 6. The number of benzene rings is 1. The van der Waals surface area contributed by atoms with Gasteiger partial charge in [0.25, 0.3) is 5.91 Å². The summed E-state index contributed by atoms with van der Waals surface area (Å²) in [5.74, 6) is 0.316. The number of carbonyl (C=O) groups excluding carboxylic acids is 2. The number of piperazine rings is 1. The predicted octanol–water partition coefficient (Wildman–Crippen LogP) is 2.74. The normalized spacial score (nSPS) is 14.2. The lowest BCUT2D eigenvalue weighted by Gasteiger charge is -2.33. The van der Waals surface area contributed by atoms with Crippen LogP contribution in [0.4, 0.5) is 17.1 Å². The Kier molecular flexibility index (Phi) is 6.73. The molecule has 1 saturated heterocycles. The lowest BCUT2D eigenvalue weighted by molar-refractivity contribution is -0.129. The van der Waals surface area contributed by atoms with Crippen molar-refractivity contribution in [2.75, 3.05) is 47.9 Å². The molecule has 0 spiro atoms. The van der Waals surface area contributed by atoms with Crippen molar-refractivity contribution in [3.05, 3.63) is 65.1 Å². The summed E-state index contributed by atoms with van der Waals surface area (Å²) in [6, 6.07) is 9.93. The molecule has 1 aliphatic heterocycles. The number of hydrogen-bond acceptors (Lipinski definition) is 6. The van der Waals surface area contributed by atoms with Crippen LogP contribution in [0.5, 0.6) is 0 Å². The van der Waals surface area contributed by atoms with Crippen molar-refractivity contribution in [2.24, 2.45) is 0 Å². The van der Waals surface area contributed by atoms with Crippen molar-refractivity contribution in [3.63, 3.8) is 0 Å². The first-order valence-electron chi connectivity index (χ1n) is 10.7. The van der Waals surface area contributed by atoms with E-state index in [2.05, 4.69) is 15.0 Å². The molecule has 0 saturated carbocycles. The predicted molar refractivity (Wildman–Crippen MR) is 136 cm³/mol. The van der Waals surface area contributed by atoms with E-state index in [0.717, 1.165) is 24.2 Å². The van der Waals surface area contributed by atoms with E-state index in [4.69, 9.17) is 11.6 Å². The molecule has 0 aliphatic carbocycles. The highest BCUT2D eigenvalue weighted by Gasteiger charge is 2.21. The molecule has 0 radical (unpaired) electrons. The first-order chi connectivity index (χ1) is 16.5. The van der Waals surface area contributed by atoms with Crippen LogP contribution in [-0.4, -0.2) is 67.6 Å². The van der Waals surface area contributed by atoms with E-state index in [9.17, 15) is 18.0 Å². The molecule has 2 amide bonds. The summed E-state index contributed by atoms with van der Waals surface area (Å²) in [4.78, 5) is 33.1. The first-order valence-corrected chi connectivity index (χ1v) is 13.0. The molecule has 184 valence electrons. The maximum atomic E-state index is 12.9. The maximum absolute atomic E-state index is 12.9. The van der Waals surface area contributed by atoms with Crippen molar-refractivity contribution < 1.29 is 18.0 Å². The van der Waals surface area contributed by atoms with Gasteiger partial charge in [-0.3, -0.25) is 14.3 Å². The molecular formula is C23H25ClN6O4S. The smallest absolute Gasteiger partial charge is 0.257 e. The van der Waals surface area contributed by atoms with Crippen molar-refractivity contribution in [3.8, 4) is 5.82 Å². The fraction of sp³-hybridized carbons (Fsp3) is 0.261. The van der Waals surface area contributed by atoms with E-state index >= 15 is 0 Å². The third kappa shape index (κ3) is 5.92. The largest absolute Gasteiger partial charge is 0.359 e. The summed E-state index contributed by atoms with van der Waals surface area (Å²) >= 11 is 6.08. The molecule has 12 heteroatoms. The Morgan fingerprint density at radius 1 is 1.11 bits per heavy atom. The van der Waals surface area contributed by atoms with Gasteiger partial charge in [-0.05, 0) is 43.3 Å². The molecule has 0 bridgehead atoms. The van der Waals surface area contributed by atoms with E-state index < -0.39 is 10.0 Å². The van der Waals surface area contributed by atoms with Crippen LogP contribution in [0.2, 0.25) is 5.02 Å². The third-order valence-corrected chi connectivity index (χ3v) is 6.36. The third-order valence-electron chi connectivity index (χ3n) is 5.54. The average molecular weight is 517 g/mol. The molecule has 0 atom stereocenters. The zero-order chi connectivity index (χ0) is 25.3. The van der Waals surface area contributed by atoms with Crippen LogP contribution in [0.1, 0.15) is 16.1 Å². The van der Waals surface area contributed by atoms with Crippen molar-refractivity contribution in [1.29, 1.82) is 0 Å². The number of nitrogens with one attached hydrogen (secondary N) is 2. The van der Waals surface area contributed by atoms with E-state index in [0.29, 0.717) is 30.2 Å². The summed E-state index contributed by atoms with van der Waals surface area (Å²) in [5, 5.41) is 3.01. The Hall–Kier alpha value is -3.57. The first kappa shape index (κ1) is 24.6. The number of aryl methyl sites for hydroxylation is 1. The summed E-state index contributed by atoms with van der Waals surface area (Å²) in [6.07, 6.45) is 4.42. The molecule has 1 aliphatic rings. The van der Waals surface area contributed by atoms with Crippen LogP contribution in [-0.2, 0) is 14.8 Å². The molecule has 2 N–H and O–H groups in total. The number of anilines is 3. The van der Waals surface area contributed by atoms with Gasteiger partial charge in [-0.15, -0.1) is 0 Å². The lowest BCUT2D eigenvalue weighted by atomic mass is 10.2. The highest BCUT2D eigenvalue weighted by molar-refractivity contribution is 7.92. The fourth-order valence-corrected chi connectivity index (χ4v) is 4.55. The van der Waals surface area contributed by atoms with Gasteiger partial charge in [0.15, 0.2) is 0 Å². The molecule has 3 heterocycles. The van der Waals surface area contributed by atoms with Crippen molar-refractivity contribution in [1.82, 2.24) is 14.5 Å². The second-order valence-electron chi connectivity index (χ2n) is 8.41. The number of amides is 2. The van der Waals surface area contributed by atoms with Crippen molar-refractivity contribution in [2.45, 2.75) is 6.92 Å². The number of sulfonamides is 1. The molecule has 0 unspecified atom stereocenters. The topological polar surface area (TPSA) is 117 Å². The molecule has 1 aromatic carbocycles. The second kappa shape index (κ2) is 9.59. The number of aromatic nitrogens is 2. The summed E-state index contributed by atoms with van der Waals surface area (Å²) in [5.41, 5.74) is 2.66. The molecule has 1 fully saturated rings. The molecule has 4 rings (SSSR count). The average Bonchev–Trinajstić information content (AvgIpc) is 3.16. The van der Waals surface area contributed by atoms with Gasteiger partial charge in [0.2, 0.25) is 15.9 Å². The minimum Gasteiger partial charge on any atom is -0.359 e. The number of nitrogens with zero attached hydrogens (tertiary/aromatic N) is 4. The zero-order valence-electron chi connectivity index (χ0n) is 19.4. The Bertz CT molecular complexity index is 1390. The molecule has 10 nitrogen and oxygen atoms in total. The van der Waals surface area contributed by atoms with Gasteiger partial charge in [-0.2, -0.15) is 0 Å². The van der Waals surface area contributed by atoms with Gasteiger partial charge in [0.05, 0.1) is 35.9 Å². The number of likely N-dealkylation sites (N-methyl/N-ethyl adjacent to an activating group) is 1. The second-order valence-corrected chi connectivity index (χ2v) is 10.6. The highest BCUT2D eigenvalue weighted by Crippen LogP contribution is 2.25. The van der Waals surface area contributed by atoms with Gasteiger partial charge in [-0.25, -0.2) is 13.4 Å². The minimum atomic E-state index is -3.49. The van der Waals surface area contributed by atoms with Gasteiger partial charge in [0.1, 0.15) is 5.82 Å². The molecule has 35 heavy (non-hydrogen) atoms. The molecular weight excluding hydrogens is 492 g/mol. The zero-order valence-corrected chi connectivity index (χ0v) is 21.0. The van der Waals surface area contributed by atoms with E-state index in [-0.39, 0.29) is 22.5 Å². The Labute approximate surface area is 208 Å². The van der Waals surface area contributed by atoms with Crippen LogP contribution in [0, 0.1) is 6.92 Å². The van der Waals surface area contributed by atoms with Crippen LogP contribution >= 0.6 is 11.6 Å². The summed E-state index contributed by atoms with van der Waals surface area (Å²) in [7, 11) is -1.70. The standard InChI is InChI=1S/C23H25ClN6O4S/c1-15-8-16(23(32)26-18-9-17(24)10-19(11-18)27-35(3,33)34)13-30(15)21-5-4-20(12-25-21)29-7-6-28(2)22(31)14-29/h4-5,8-13,27H,6-7,14H2,1-3H3,(H,26,32). The highest BCUT2D eigenvalue weighted by atomic mass is 35.5. The lowest BCUT2D eigenvalue weighted by Crippen LogP contribution is -2.48. The number of hydrogen-bond donors (Lipinski definition) is 2. The van der Waals surface area contributed by atoms with E-state index in [1.54, 1.807) is 35.0 Å². The Balaban J connectivity index is 1.50. The van der Waals surface area contributed by atoms with Crippen LogP contribution in [0.3, 0.4) is 0 Å². The summed E-state index contributed by atoms with van der Waals surface area (Å²) < 4.78 is 27.2. The Morgan fingerprint density at radius 2 is 1.86 bits per heavy atom. The van der Waals surface area contributed by atoms with E-state index in [1.807, 2.05) is 24.0 Å². The SMILES string of the molecule is Cc1cc(C(=O)Nc2cc(Cl)cc(NS(C)(=O)=O)c2)cn1-c1ccc(N2CCN(C)C(=O)C2)cn1. The summed E-state index contributed by atoms with van der Waals surface area (Å²) in [6.45, 7) is 3.57. The van der Waals surface area contributed by atoms with Gasteiger partial charge in [0, 0.05) is 42.7 Å². The van der Waals surface area contributed by atoms with Crippen LogP contribution in [0.15, 0.2) is 48.8 Å². The molecule has 3 aromatic rings. The monoisotopic (exact) mass is 516 g/mol. The van der Waals surface area contributed by atoms with Crippen LogP contribution in [0.25, 0.3) is 5.82 Å². The number of halogens is 1. The molecule has 2 aromatic heterocycles. The van der Waals surface area contributed by atoms with Crippen LogP contribution < -0.4 is 14.9 Å². The van der Waals surface area contributed by atoms with Gasteiger partial charge >= 0.3 is 0 Å². The maximum Gasteiger partial charge on any atom is 0.257 e.